The lowest BCUT2D eigenvalue weighted by Gasteiger charge is -2.05. The van der Waals surface area contributed by atoms with E-state index < -0.39 is 5.97 Å². The number of amides is 1. The lowest BCUT2D eigenvalue weighted by atomic mass is 10.1. The van der Waals surface area contributed by atoms with Crippen molar-refractivity contribution in [3.05, 3.63) is 87.8 Å². The lowest BCUT2D eigenvalue weighted by Crippen LogP contribution is -2.11. The molecule has 4 rings (SSSR count). The van der Waals surface area contributed by atoms with Gasteiger partial charge in [0.05, 0.1) is 5.56 Å². The minimum Gasteiger partial charge on any atom is -0.421 e. The summed E-state index contributed by atoms with van der Waals surface area (Å²) in [5, 5.41) is 10.8. The average molecular weight is 425 g/mol. The Labute approximate surface area is 174 Å². The van der Waals surface area contributed by atoms with Gasteiger partial charge >= 0.3 is 5.97 Å². The Morgan fingerprint density at radius 3 is 2.62 bits per heavy atom. The average Bonchev–Trinajstić information content (AvgIpc) is 3.42. The Kier molecular flexibility index (Phi) is 5.41. The number of carbonyl (C=O) groups excluding carboxylic acids is 2. The van der Waals surface area contributed by atoms with Crippen molar-refractivity contribution in [3.8, 4) is 17.0 Å². The third-order valence-corrected chi connectivity index (χ3v) is 4.86. The molecule has 2 aromatic carbocycles. The summed E-state index contributed by atoms with van der Waals surface area (Å²) in [4.78, 5) is 24.3. The summed E-state index contributed by atoms with van der Waals surface area (Å²) in [6.45, 7) is 0. The molecule has 0 aliphatic heterocycles. The first-order chi connectivity index (χ1) is 14.1. The predicted octanol–water partition coefficient (Wildman–Crippen LogP) is 5.53. The molecule has 0 fully saturated rings. The Balaban J connectivity index is 1.40. The van der Waals surface area contributed by atoms with Gasteiger partial charge in [0, 0.05) is 27.7 Å². The molecular formula is C21H13ClN2O4S. The van der Waals surface area contributed by atoms with E-state index in [-0.39, 0.29) is 11.7 Å². The monoisotopic (exact) mass is 424 g/mol. The Hall–Kier alpha value is -3.42. The first-order valence-electron chi connectivity index (χ1n) is 8.47. The first kappa shape index (κ1) is 18.9. The standard InChI is InChI=1S/C21H13ClN2O4S/c22-15-3-1-2-13(10-15)18-11-19(28-24-18)21(26)27-17-6-4-16(5-7-17)23-20(25)14-8-9-29-12-14/h1-12H,(H,23,25). The Morgan fingerprint density at radius 2 is 1.90 bits per heavy atom. The predicted molar refractivity (Wildman–Crippen MR) is 111 cm³/mol. The van der Waals surface area contributed by atoms with Crippen LogP contribution in [0.15, 0.2) is 75.9 Å². The molecule has 4 aromatic rings. The molecule has 0 aliphatic carbocycles. The van der Waals surface area contributed by atoms with Crippen molar-refractivity contribution in [2.45, 2.75) is 0 Å². The van der Waals surface area contributed by atoms with E-state index in [9.17, 15) is 9.59 Å². The SMILES string of the molecule is O=C(Nc1ccc(OC(=O)c2cc(-c3cccc(Cl)c3)no2)cc1)c1ccsc1. The zero-order valence-corrected chi connectivity index (χ0v) is 16.4. The van der Waals surface area contributed by atoms with E-state index in [2.05, 4.69) is 10.5 Å². The van der Waals surface area contributed by atoms with Gasteiger partial charge in [0.2, 0.25) is 5.76 Å². The maximum absolute atomic E-state index is 12.3. The molecule has 6 nitrogen and oxygen atoms in total. The van der Waals surface area contributed by atoms with E-state index in [0.29, 0.717) is 27.7 Å². The number of hydrogen-bond donors (Lipinski definition) is 1. The first-order valence-corrected chi connectivity index (χ1v) is 9.79. The molecule has 1 N–H and O–H groups in total. The summed E-state index contributed by atoms with van der Waals surface area (Å²) >= 11 is 7.42. The summed E-state index contributed by atoms with van der Waals surface area (Å²) in [5.41, 5.74) is 2.38. The summed E-state index contributed by atoms with van der Waals surface area (Å²) in [6.07, 6.45) is 0. The molecule has 0 saturated carbocycles. The topological polar surface area (TPSA) is 81.4 Å². The van der Waals surface area contributed by atoms with Crippen LogP contribution < -0.4 is 10.1 Å². The molecule has 8 heteroatoms. The highest BCUT2D eigenvalue weighted by molar-refractivity contribution is 7.08. The number of benzene rings is 2. The lowest BCUT2D eigenvalue weighted by molar-refractivity contribution is 0.0691. The highest BCUT2D eigenvalue weighted by Gasteiger charge is 2.17. The smallest absolute Gasteiger partial charge is 0.382 e. The van der Waals surface area contributed by atoms with E-state index in [4.69, 9.17) is 20.9 Å². The molecule has 0 unspecified atom stereocenters. The van der Waals surface area contributed by atoms with Gasteiger partial charge < -0.3 is 14.6 Å². The second-order valence-electron chi connectivity index (χ2n) is 5.97. The largest absolute Gasteiger partial charge is 0.421 e. The molecule has 0 aliphatic rings. The van der Waals surface area contributed by atoms with Gasteiger partial charge in [-0.15, -0.1) is 0 Å². The second kappa shape index (κ2) is 8.30. The normalized spacial score (nSPS) is 10.5. The van der Waals surface area contributed by atoms with Gasteiger partial charge in [-0.3, -0.25) is 4.79 Å². The summed E-state index contributed by atoms with van der Waals surface area (Å²) in [5.74, 6) is -0.605. The highest BCUT2D eigenvalue weighted by Crippen LogP contribution is 2.23. The molecule has 0 spiro atoms. The summed E-state index contributed by atoms with van der Waals surface area (Å²) < 4.78 is 10.4. The van der Waals surface area contributed by atoms with Crippen molar-refractivity contribution in [2.75, 3.05) is 5.32 Å². The van der Waals surface area contributed by atoms with Crippen LogP contribution in [-0.2, 0) is 0 Å². The van der Waals surface area contributed by atoms with Crippen molar-refractivity contribution < 1.29 is 18.8 Å². The number of nitrogens with one attached hydrogen (secondary N) is 1. The molecular weight excluding hydrogens is 412 g/mol. The number of aromatic nitrogens is 1. The fourth-order valence-corrected chi connectivity index (χ4v) is 3.34. The van der Waals surface area contributed by atoms with Gasteiger partial charge in [-0.25, -0.2) is 4.79 Å². The molecule has 1 amide bonds. The maximum Gasteiger partial charge on any atom is 0.382 e. The molecule has 144 valence electrons. The number of rotatable bonds is 5. The Bertz CT molecular complexity index is 1150. The van der Waals surface area contributed by atoms with Crippen molar-refractivity contribution in [1.82, 2.24) is 5.16 Å². The van der Waals surface area contributed by atoms with Crippen LogP contribution in [0.1, 0.15) is 20.9 Å². The zero-order valence-electron chi connectivity index (χ0n) is 14.8. The van der Waals surface area contributed by atoms with Crippen molar-refractivity contribution >= 4 is 40.5 Å². The molecule has 0 radical (unpaired) electrons. The van der Waals surface area contributed by atoms with E-state index in [0.717, 1.165) is 5.56 Å². The molecule has 2 heterocycles. The molecule has 0 saturated heterocycles. The van der Waals surface area contributed by atoms with Crippen molar-refractivity contribution in [3.63, 3.8) is 0 Å². The Morgan fingerprint density at radius 1 is 1.07 bits per heavy atom. The number of nitrogens with zero attached hydrogens (tertiary/aromatic N) is 1. The minimum atomic E-state index is -0.680. The second-order valence-corrected chi connectivity index (χ2v) is 7.18. The van der Waals surface area contributed by atoms with Crippen LogP contribution >= 0.6 is 22.9 Å². The number of halogens is 1. The fraction of sp³-hybridized carbons (Fsp3) is 0. The van der Waals surface area contributed by atoms with Gasteiger partial charge in [0.15, 0.2) is 0 Å². The molecule has 2 aromatic heterocycles. The quantitative estimate of drug-likeness (QED) is 0.336. The van der Waals surface area contributed by atoms with Gasteiger partial charge in [0.25, 0.3) is 5.91 Å². The van der Waals surface area contributed by atoms with Crippen LogP contribution in [-0.4, -0.2) is 17.0 Å². The number of esters is 1. The van der Waals surface area contributed by atoms with Gasteiger partial charge in [-0.2, -0.15) is 11.3 Å². The number of ether oxygens (including phenoxy) is 1. The summed E-state index contributed by atoms with van der Waals surface area (Å²) in [6, 6.07) is 16.7. The third-order valence-electron chi connectivity index (χ3n) is 3.94. The molecule has 0 bridgehead atoms. The van der Waals surface area contributed by atoms with E-state index in [1.807, 2.05) is 11.4 Å². The van der Waals surface area contributed by atoms with Crippen LogP contribution in [0, 0.1) is 0 Å². The van der Waals surface area contributed by atoms with Gasteiger partial charge in [0.1, 0.15) is 11.4 Å². The van der Waals surface area contributed by atoms with Crippen LogP contribution in [0.3, 0.4) is 0 Å². The van der Waals surface area contributed by atoms with Crippen molar-refractivity contribution in [2.24, 2.45) is 0 Å². The minimum absolute atomic E-state index is 0.0326. The number of thiophene rings is 1. The molecule has 29 heavy (non-hydrogen) atoms. The van der Waals surface area contributed by atoms with E-state index in [1.165, 1.54) is 17.4 Å². The van der Waals surface area contributed by atoms with Crippen LogP contribution in [0.2, 0.25) is 5.02 Å². The van der Waals surface area contributed by atoms with E-state index >= 15 is 0 Å². The maximum atomic E-state index is 12.3. The number of hydrogen-bond acceptors (Lipinski definition) is 6. The van der Waals surface area contributed by atoms with Crippen LogP contribution in [0.25, 0.3) is 11.3 Å². The summed E-state index contributed by atoms with van der Waals surface area (Å²) in [7, 11) is 0. The number of anilines is 1. The van der Waals surface area contributed by atoms with Gasteiger partial charge in [-0.1, -0.05) is 28.9 Å². The molecule has 0 atom stereocenters. The fourth-order valence-electron chi connectivity index (χ4n) is 2.52. The van der Waals surface area contributed by atoms with Gasteiger partial charge in [-0.05, 0) is 47.8 Å². The highest BCUT2D eigenvalue weighted by atomic mass is 35.5. The number of carbonyl (C=O) groups is 2. The van der Waals surface area contributed by atoms with Crippen LogP contribution in [0.5, 0.6) is 5.75 Å². The van der Waals surface area contributed by atoms with Crippen LogP contribution in [0.4, 0.5) is 5.69 Å². The zero-order chi connectivity index (χ0) is 20.2. The third kappa shape index (κ3) is 4.53. The van der Waals surface area contributed by atoms with E-state index in [1.54, 1.807) is 53.9 Å². The van der Waals surface area contributed by atoms with Crippen molar-refractivity contribution in [1.29, 1.82) is 0 Å².